The highest BCUT2D eigenvalue weighted by Gasteiger charge is 2.16. The van der Waals surface area contributed by atoms with Crippen molar-refractivity contribution in [3.05, 3.63) is 30.1 Å². The molecule has 0 spiro atoms. The number of amides is 2. The highest BCUT2D eigenvalue weighted by molar-refractivity contribution is 7.80. The number of nitrogens with zero attached hydrogens (tertiary/aromatic N) is 1. The van der Waals surface area contributed by atoms with E-state index in [1.165, 1.54) is 6.92 Å². The van der Waals surface area contributed by atoms with Gasteiger partial charge in [0.1, 0.15) is 6.04 Å². The minimum Gasteiger partial charge on any atom is -0.354 e. The Morgan fingerprint density at radius 2 is 2.22 bits per heavy atom. The summed E-state index contributed by atoms with van der Waals surface area (Å²) in [5.41, 5.74) is 0.916. The van der Waals surface area contributed by atoms with Crippen LogP contribution >= 0.6 is 12.6 Å². The first-order chi connectivity index (χ1) is 8.63. The number of pyridine rings is 1. The van der Waals surface area contributed by atoms with Crippen molar-refractivity contribution in [1.29, 1.82) is 0 Å². The summed E-state index contributed by atoms with van der Waals surface area (Å²) >= 11 is 4.03. The maximum Gasteiger partial charge on any atom is 0.243 e. The SMILES string of the molecule is CC(=O)NC(CS)C(=O)NCCc1ccccn1. The Labute approximate surface area is 112 Å². The van der Waals surface area contributed by atoms with Crippen LogP contribution in [0.1, 0.15) is 12.6 Å². The van der Waals surface area contributed by atoms with Gasteiger partial charge in [0.15, 0.2) is 0 Å². The lowest BCUT2D eigenvalue weighted by molar-refractivity contribution is -0.127. The van der Waals surface area contributed by atoms with Gasteiger partial charge in [0.25, 0.3) is 0 Å². The van der Waals surface area contributed by atoms with E-state index in [1.807, 2.05) is 18.2 Å². The van der Waals surface area contributed by atoms with Crippen molar-refractivity contribution in [2.75, 3.05) is 12.3 Å². The molecule has 0 aliphatic heterocycles. The predicted molar refractivity (Wildman–Crippen MR) is 72.4 cm³/mol. The third-order valence-corrected chi connectivity index (χ3v) is 2.65. The van der Waals surface area contributed by atoms with E-state index in [4.69, 9.17) is 0 Å². The molecule has 2 N–H and O–H groups in total. The first kappa shape index (κ1) is 14.5. The summed E-state index contributed by atoms with van der Waals surface area (Å²) in [6.07, 6.45) is 2.37. The van der Waals surface area contributed by atoms with Gasteiger partial charge in [-0.25, -0.2) is 0 Å². The largest absolute Gasteiger partial charge is 0.354 e. The van der Waals surface area contributed by atoms with Crippen molar-refractivity contribution in [2.24, 2.45) is 0 Å². The molecule has 1 rings (SSSR count). The number of carbonyl (C=O) groups excluding carboxylic acids is 2. The van der Waals surface area contributed by atoms with E-state index < -0.39 is 6.04 Å². The first-order valence-corrected chi connectivity index (χ1v) is 6.32. The predicted octanol–water partition coefficient (Wildman–Crippen LogP) is 0.175. The molecule has 0 saturated heterocycles. The van der Waals surface area contributed by atoms with Gasteiger partial charge >= 0.3 is 0 Å². The number of nitrogens with one attached hydrogen (secondary N) is 2. The van der Waals surface area contributed by atoms with Crippen LogP contribution in [0.15, 0.2) is 24.4 Å². The van der Waals surface area contributed by atoms with E-state index >= 15 is 0 Å². The third-order valence-electron chi connectivity index (χ3n) is 2.28. The molecule has 0 aliphatic rings. The van der Waals surface area contributed by atoms with Crippen molar-refractivity contribution >= 4 is 24.4 Å². The van der Waals surface area contributed by atoms with Gasteiger partial charge in [-0.2, -0.15) is 12.6 Å². The summed E-state index contributed by atoms with van der Waals surface area (Å²) in [4.78, 5) is 26.7. The van der Waals surface area contributed by atoms with Crippen LogP contribution in [0.5, 0.6) is 0 Å². The number of carbonyl (C=O) groups is 2. The molecule has 98 valence electrons. The average molecular weight is 267 g/mol. The van der Waals surface area contributed by atoms with Crippen LogP contribution in [0.2, 0.25) is 0 Å². The van der Waals surface area contributed by atoms with Gasteiger partial charge in [0.05, 0.1) is 0 Å². The Morgan fingerprint density at radius 1 is 1.44 bits per heavy atom. The number of rotatable bonds is 6. The Morgan fingerprint density at radius 3 is 2.78 bits per heavy atom. The minimum absolute atomic E-state index is 0.226. The maximum absolute atomic E-state index is 11.7. The lowest BCUT2D eigenvalue weighted by atomic mass is 10.2. The molecular weight excluding hydrogens is 250 g/mol. The topological polar surface area (TPSA) is 71.1 Å². The molecule has 6 heteroatoms. The van der Waals surface area contributed by atoms with Gasteiger partial charge in [-0.05, 0) is 12.1 Å². The van der Waals surface area contributed by atoms with Crippen molar-refractivity contribution in [3.8, 4) is 0 Å². The second-order valence-corrected chi connectivity index (χ2v) is 4.16. The quantitative estimate of drug-likeness (QED) is 0.644. The number of hydrogen-bond donors (Lipinski definition) is 3. The molecule has 0 bridgehead atoms. The molecule has 5 nitrogen and oxygen atoms in total. The van der Waals surface area contributed by atoms with Crippen LogP contribution in [-0.2, 0) is 16.0 Å². The van der Waals surface area contributed by atoms with Crippen LogP contribution in [0, 0.1) is 0 Å². The Bertz CT molecular complexity index is 398. The molecule has 0 aromatic carbocycles. The maximum atomic E-state index is 11.7. The zero-order valence-corrected chi connectivity index (χ0v) is 11.1. The Balaban J connectivity index is 2.34. The molecule has 0 aliphatic carbocycles. The van der Waals surface area contributed by atoms with E-state index in [9.17, 15) is 9.59 Å². The molecule has 0 fully saturated rings. The standard InChI is InChI=1S/C12H17N3O2S/c1-9(16)15-11(8-18)12(17)14-7-5-10-4-2-3-6-13-10/h2-4,6,11,18H,5,7-8H2,1H3,(H,14,17)(H,15,16). The van der Waals surface area contributed by atoms with Gasteiger partial charge < -0.3 is 10.6 Å². The lowest BCUT2D eigenvalue weighted by Crippen LogP contribution is -2.47. The van der Waals surface area contributed by atoms with E-state index in [-0.39, 0.29) is 17.6 Å². The molecule has 1 unspecified atom stereocenters. The highest BCUT2D eigenvalue weighted by atomic mass is 32.1. The van der Waals surface area contributed by atoms with Gasteiger partial charge in [0, 0.05) is 37.5 Å². The van der Waals surface area contributed by atoms with Gasteiger partial charge in [0.2, 0.25) is 11.8 Å². The van der Waals surface area contributed by atoms with Crippen molar-refractivity contribution in [1.82, 2.24) is 15.6 Å². The summed E-state index contributed by atoms with van der Waals surface area (Å²) in [5, 5.41) is 5.28. The van der Waals surface area contributed by atoms with Crippen molar-refractivity contribution < 1.29 is 9.59 Å². The van der Waals surface area contributed by atoms with Crippen LogP contribution in [0.4, 0.5) is 0 Å². The second kappa shape index (κ2) is 7.71. The Hall–Kier alpha value is -1.56. The fourth-order valence-electron chi connectivity index (χ4n) is 1.42. The highest BCUT2D eigenvalue weighted by Crippen LogP contribution is 1.94. The molecule has 2 amide bonds. The van der Waals surface area contributed by atoms with Crippen LogP contribution in [-0.4, -0.2) is 35.1 Å². The zero-order valence-electron chi connectivity index (χ0n) is 10.2. The second-order valence-electron chi connectivity index (χ2n) is 3.80. The van der Waals surface area contributed by atoms with Gasteiger partial charge in [-0.15, -0.1) is 0 Å². The summed E-state index contributed by atoms with van der Waals surface area (Å²) in [5.74, 6) is -0.195. The fraction of sp³-hybridized carbons (Fsp3) is 0.417. The molecule has 0 saturated carbocycles. The van der Waals surface area contributed by atoms with E-state index in [0.29, 0.717) is 13.0 Å². The summed E-state index contributed by atoms with van der Waals surface area (Å²) in [6.45, 7) is 1.86. The van der Waals surface area contributed by atoms with Crippen LogP contribution in [0.25, 0.3) is 0 Å². The van der Waals surface area contributed by atoms with E-state index in [2.05, 4.69) is 28.2 Å². The lowest BCUT2D eigenvalue weighted by Gasteiger charge is -2.15. The Kier molecular flexibility index (Phi) is 6.21. The number of hydrogen-bond acceptors (Lipinski definition) is 4. The average Bonchev–Trinajstić information content (AvgIpc) is 2.36. The van der Waals surface area contributed by atoms with Crippen molar-refractivity contribution in [3.63, 3.8) is 0 Å². The molecule has 1 aromatic rings. The molecular formula is C12H17N3O2S. The zero-order chi connectivity index (χ0) is 13.4. The monoisotopic (exact) mass is 267 g/mol. The fourth-order valence-corrected chi connectivity index (χ4v) is 1.68. The molecule has 1 atom stereocenters. The van der Waals surface area contributed by atoms with Gasteiger partial charge in [-0.1, -0.05) is 6.07 Å². The third kappa shape index (κ3) is 5.18. The molecule has 1 aromatic heterocycles. The number of aromatic nitrogens is 1. The normalized spacial score (nSPS) is 11.7. The number of thiol groups is 1. The summed E-state index contributed by atoms with van der Waals surface area (Å²) in [6, 6.07) is 5.05. The van der Waals surface area contributed by atoms with Crippen LogP contribution < -0.4 is 10.6 Å². The van der Waals surface area contributed by atoms with Gasteiger partial charge in [-0.3, -0.25) is 14.6 Å². The summed E-state index contributed by atoms with van der Waals surface area (Å²) < 4.78 is 0. The van der Waals surface area contributed by atoms with E-state index in [1.54, 1.807) is 6.20 Å². The summed E-state index contributed by atoms with van der Waals surface area (Å²) in [7, 11) is 0. The van der Waals surface area contributed by atoms with E-state index in [0.717, 1.165) is 5.69 Å². The smallest absolute Gasteiger partial charge is 0.243 e. The first-order valence-electron chi connectivity index (χ1n) is 5.69. The van der Waals surface area contributed by atoms with Crippen LogP contribution in [0.3, 0.4) is 0 Å². The van der Waals surface area contributed by atoms with Crippen molar-refractivity contribution in [2.45, 2.75) is 19.4 Å². The molecule has 18 heavy (non-hydrogen) atoms. The minimum atomic E-state index is -0.588. The molecule has 0 radical (unpaired) electrons. The molecule has 1 heterocycles.